The minimum Gasteiger partial charge on any atom is -0.459 e. The van der Waals surface area contributed by atoms with Crippen LogP contribution in [0.1, 0.15) is 43.0 Å². The van der Waals surface area contributed by atoms with Gasteiger partial charge in [-0.25, -0.2) is 0 Å². The van der Waals surface area contributed by atoms with Gasteiger partial charge < -0.3 is 38.4 Å². The fourth-order valence-corrected chi connectivity index (χ4v) is 5.43. The smallest absolute Gasteiger partial charge is 0.288 e. The molecule has 0 spiro atoms. The van der Waals surface area contributed by atoms with Gasteiger partial charge in [-0.2, -0.15) is 0 Å². The molecule has 0 radical (unpaired) electrons. The Morgan fingerprint density at radius 3 is 2.17 bits per heavy atom. The second-order valence-electron chi connectivity index (χ2n) is 10.3. The number of aromatic nitrogens is 1. The summed E-state index contributed by atoms with van der Waals surface area (Å²) in [5, 5.41) is 10.6. The molecule has 42 heavy (non-hydrogen) atoms. The van der Waals surface area contributed by atoms with Gasteiger partial charge in [-0.15, -0.1) is 0 Å². The first-order chi connectivity index (χ1) is 20.5. The number of aliphatic hydroxyl groups is 1. The monoisotopic (exact) mass is 588 g/mol. The van der Waals surface area contributed by atoms with Crippen LogP contribution in [-0.2, 0) is 33.2 Å². The minimum absolute atomic E-state index is 0.0244. The molecular weight excluding hydrogens is 544 g/mol. The van der Waals surface area contributed by atoms with Crippen LogP contribution in [0.5, 0.6) is 0 Å². The highest BCUT2D eigenvalue weighted by molar-refractivity contribution is 5.95. The number of hydrogen-bond acceptors (Lipinski definition) is 9. The second kappa shape index (κ2) is 16.7. The van der Waals surface area contributed by atoms with Gasteiger partial charge in [-0.3, -0.25) is 14.2 Å². The van der Waals surface area contributed by atoms with Crippen LogP contribution in [0.2, 0.25) is 0 Å². The van der Waals surface area contributed by atoms with Crippen LogP contribution >= 0.6 is 0 Å². The zero-order valence-corrected chi connectivity index (χ0v) is 24.7. The van der Waals surface area contributed by atoms with Crippen molar-refractivity contribution in [2.24, 2.45) is 5.92 Å². The molecule has 11 nitrogen and oxygen atoms in total. The molecule has 2 aromatic rings. The lowest BCUT2D eigenvalue weighted by Gasteiger charge is -2.38. The Bertz CT molecular complexity index is 1160. The second-order valence-corrected chi connectivity index (χ2v) is 10.3. The lowest BCUT2D eigenvalue weighted by molar-refractivity contribution is -0.170. The van der Waals surface area contributed by atoms with E-state index >= 15 is 0 Å². The summed E-state index contributed by atoms with van der Waals surface area (Å²) in [4.78, 5) is 28.2. The third-order valence-electron chi connectivity index (χ3n) is 7.48. The lowest BCUT2D eigenvalue weighted by Crippen LogP contribution is -2.42. The minimum atomic E-state index is -0.708. The van der Waals surface area contributed by atoms with E-state index in [9.17, 15) is 14.7 Å². The SMILES string of the molecule is CCO[C@@H]1OC(C(=O)N2CCOCCOCCOCCOCC2)=C[C@H](c2cn(C(C)=O)c3ccccc23)[C@H]1CCCO. The van der Waals surface area contributed by atoms with E-state index in [1.54, 1.807) is 9.47 Å². The molecule has 1 saturated heterocycles. The normalized spacial score (nSPS) is 23.5. The molecule has 1 amide bonds. The summed E-state index contributed by atoms with van der Waals surface area (Å²) < 4.78 is 36.4. The molecule has 232 valence electrons. The molecule has 0 saturated carbocycles. The first kappa shape index (κ1) is 32.1. The molecule has 11 heteroatoms. The number of para-hydroxylation sites is 1. The number of allylic oxidation sites excluding steroid dienone is 1. The number of aliphatic hydroxyl groups excluding tert-OH is 1. The van der Waals surface area contributed by atoms with Crippen LogP contribution in [0.4, 0.5) is 0 Å². The van der Waals surface area contributed by atoms with Gasteiger partial charge in [0.15, 0.2) is 5.76 Å². The Kier molecular flexibility index (Phi) is 12.8. The predicted molar refractivity (Wildman–Crippen MR) is 155 cm³/mol. The summed E-state index contributed by atoms with van der Waals surface area (Å²) in [6.45, 7) is 7.90. The summed E-state index contributed by atoms with van der Waals surface area (Å²) in [6.07, 6.45) is 4.15. The number of ether oxygens (including phenoxy) is 6. The van der Waals surface area contributed by atoms with E-state index in [-0.39, 0.29) is 36.0 Å². The van der Waals surface area contributed by atoms with Gasteiger partial charge >= 0.3 is 0 Å². The Hall–Kier alpha value is -2.80. The van der Waals surface area contributed by atoms with Gasteiger partial charge in [-0.05, 0) is 37.5 Å². The zero-order valence-electron chi connectivity index (χ0n) is 24.7. The topological polar surface area (TPSA) is 118 Å². The number of benzene rings is 1. The van der Waals surface area contributed by atoms with Crippen LogP contribution in [-0.4, -0.2) is 112 Å². The maximum absolute atomic E-state index is 14.0. The van der Waals surface area contributed by atoms with Gasteiger partial charge in [0.05, 0.1) is 58.4 Å². The van der Waals surface area contributed by atoms with Gasteiger partial charge in [-0.1, -0.05) is 18.2 Å². The first-order valence-corrected chi connectivity index (χ1v) is 14.9. The Labute approximate surface area is 247 Å². The van der Waals surface area contributed by atoms with Crippen LogP contribution in [0.3, 0.4) is 0 Å². The summed E-state index contributed by atoms with van der Waals surface area (Å²) in [6, 6.07) is 7.74. The Balaban J connectivity index is 1.66. The van der Waals surface area contributed by atoms with E-state index < -0.39 is 6.29 Å². The van der Waals surface area contributed by atoms with E-state index in [4.69, 9.17) is 28.4 Å². The third-order valence-corrected chi connectivity index (χ3v) is 7.48. The van der Waals surface area contributed by atoms with Crippen LogP contribution in [0.25, 0.3) is 10.9 Å². The number of carbonyl (C=O) groups excluding carboxylic acids is 2. The fraction of sp³-hybridized carbons (Fsp3) is 0.613. The highest BCUT2D eigenvalue weighted by Gasteiger charge is 2.40. The Morgan fingerprint density at radius 1 is 0.952 bits per heavy atom. The van der Waals surface area contributed by atoms with Gasteiger partial charge in [0.1, 0.15) is 0 Å². The quantitative estimate of drug-likeness (QED) is 0.521. The molecule has 4 rings (SSSR count). The number of carbonyl (C=O) groups is 2. The van der Waals surface area contributed by atoms with Crippen molar-refractivity contribution >= 4 is 22.7 Å². The van der Waals surface area contributed by atoms with Crippen molar-refractivity contribution in [3.8, 4) is 0 Å². The summed E-state index contributed by atoms with van der Waals surface area (Å²) in [5.41, 5.74) is 1.71. The standard InChI is InChI=1S/C31H44N2O9/c1-3-41-31-25(8-6-12-34)26(27-22-33(23(2)35)28-9-5-4-7-24(27)28)21-29(42-31)30(36)32-10-13-37-15-17-39-19-20-40-18-16-38-14-11-32/h4-5,7,9,21-22,25-26,31,34H,3,6,8,10-20H2,1-2H3/t25-,26+,31-/m1/s1. The van der Waals surface area contributed by atoms with E-state index in [0.29, 0.717) is 85.4 Å². The molecule has 2 aliphatic rings. The molecule has 0 unspecified atom stereocenters. The number of amides is 1. The highest BCUT2D eigenvalue weighted by Crippen LogP contribution is 2.42. The largest absolute Gasteiger partial charge is 0.459 e. The predicted octanol–water partition coefficient (Wildman–Crippen LogP) is 2.96. The molecule has 3 heterocycles. The lowest BCUT2D eigenvalue weighted by atomic mass is 9.80. The molecular formula is C31H44N2O9. The van der Waals surface area contributed by atoms with E-state index in [1.165, 1.54) is 6.92 Å². The fourth-order valence-electron chi connectivity index (χ4n) is 5.43. The van der Waals surface area contributed by atoms with Crippen molar-refractivity contribution < 1.29 is 43.1 Å². The average molecular weight is 589 g/mol. The van der Waals surface area contributed by atoms with Crippen LogP contribution in [0.15, 0.2) is 42.3 Å². The maximum atomic E-state index is 14.0. The highest BCUT2D eigenvalue weighted by atomic mass is 16.7. The molecule has 1 fully saturated rings. The van der Waals surface area contributed by atoms with Gasteiger partial charge in [0, 0.05) is 56.6 Å². The molecule has 3 atom stereocenters. The zero-order chi connectivity index (χ0) is 29.7. The van der Waals surface area contributed by atoms with E-state index in [0.717, 1.165) is 16.5 Å². The van der Waals surface area contributed by atoms with Gasteiger partial charge in [0.2, 0.25) is 12.2 Å². The van der Waals surface area contributed by atoms with Crippen molar-refractivity contribution in [1.29, 1.82) is 0 Å². The third kappa shape index (κ3) is 8.40. The average Bonchev–Trinajstić information content (AvgIpc) is 3.38. The number of rotatable bonds is 7. The molecule has 1 aromatic carbocycles. The summed E-state index contributed by atoms with van der Waals surface area (Å²) in [7, 11) is 0. The number of hydrogen-bond donors (Lipinski definition) is 1. The van der Waals surface area contributed by atoms with Crippen molar-refractivity contribution in [3.63, 3.8) is 0 Å². The number of nitrogens with zero attached hydrogens (tertiary/aromatic N) is 2. The van der Waals surface area contributed by atoms with Gasteiger partial charge in [0.25, 0.3) is 5.91 Å². The van der Waals surface area contributed by atoms with Crippen molar-refractivity contribution in [1.82, 2.24) is 9.47 Å². The maximum Gasteiger partial charge on any atom is 0.288 e. The molecule has 1 N–H and O–H groups in total. The Morgan fingerprint density at radius 2 is 1.57 bits per heavy atom. The van der Waals surface area contributed by atoms with Crippen LogP contribution < -0.4 is 0 Å². The number of fused-ring (bicyclic) bond motifs is 1. The molecule has 2 aliphatic heterocycles. The van der Waals surface area contributed by atoms with E-state index in [2.05, 4.69) is 0 Å². The van der Waals surface area contributed by atoms with Crippen molar-refractivity contribution in [2.75, 3.05) is 79.2 Å². The van der Waals surface area contributed by atoms with E-state index in [1.807, 2.05) is 43.5 Å². The molecule has 0 aliphatic carbocycles. The summed E-state index contributed by atoms with van der Waals surface area (Å²) >= 11 is 0. The van der Waals surface area contributed by atoms with Crippen LogP contribution in [0, 0.1) is 5.92 Å². The van der Waals surface area contributed by atoms with Crippen molar-refractivity contribution in [2.45, 2.75) is 38.9 Å². The molecule has 0 bridgehead atoms. The molecule has 1 aromatic heterocycles. The first-order valence-electron chi connectivity index (χ1n) is 14.9. The summed E-state index contributed by atoms with van der Waals surface area (Å²) in [5.74, 6) is -0.686. The van der Waals surface area contributed by atoms with Crippen molar-refractivity contribution in [3.05, 3.63) is 47.9 Å².